The van der Waals surface area contributed by atoms with Crippen LogP contribution in [0, 0.1) is 5.92 Å². The highest BCUT2D eigenvalue weighted by Crippen LogP contribution is 2.34. The van der Waals surface area contributed by atoms with E-state index in [4.69, 9.17) is 20.9 Å². The van der Waals surface area contributed by atoms with Crippen molar-refractivity contribution in [3.05, 3.63) is 41.3 Å². The highest BCUT2D eigenvalue weighted by atomic mass is 35.5. The second kappa shape index (κ2) is 7.78. The van der Waals surface area contributed by atoms with Crippen molar-refractivity contribution in [2.24, 2.45) is 5.92 Å². The lowest BCUT2D eigenvalue weighted by molar-refractivity contribution is 0.0571. The Morgan fingerprint density at radius 3 is 2.74 bits per heavy atom. The average molecular weight is 388 g/mol. The molecule has 1 aromatic carbocycles. The van der Waals surface area contributed by atoms with Gasteiger partial charge in [0.05, 0.1) is 5.52 Å². The third-order valence-electron chi connectivity index (χ3n) is 4.87. The monoisotopic (exact) mass is 387 g/mol. The smallest absolute Gasteiger partial charge is 0.249 e. The number of fused-ring (bicyclic) bond motifs is 1. The van der Waals surface area contributed by atoms with E-state index < -0.39 is 0 Å². The van der Waals surface area contributed by atoms with Gasteiger partial charge in [-0.15, -0.1) is 0 Å². The Morgan fingerprint density at radius 2 is 2.00 bits per heavy atom. The van der Waals surface area contributed by atoms with Gasteiger partial charge in [0.25, 0.3) is 0 Å². The largest absolute Gasteiger partial charge is 0.381 e. The normalized spacial score (nSPS) is 16.7. The van der Waals surface area contributed by atoms with Crippen molar-refractivity contribution in [3.63, 3.8) is 0 Å². The summed E-state index contributed by atoms with van der Waals surface area (Å²) in [5.41, 5.74) is 0.791. The summed E-state index contributed by atoms with van der Waals surface area (Å²) in [7, 11) is 0. The number of aromatic nitrogens is 4. The van der Waals surface area contributed by atoms with E-state index in [2.05, 4.69) is 25.4 Å². The van der Waals surface area contributed by atoms with Crippen molar-refractivity contribution in [1.82, 2.24) is 20.1 Å². The van der Waals surface area contributed by atoms with E-state index >= 15 is 0 Å². The summed E-state index contributed by atoms with van der Waals surface area (Å²) in [4.78, 5) is 13.4. The second-order valence-corrected chi connectivity index (χ2v) is 7.54. The minimum atomic E-state index is -0.136. The molecule has 0 amide bonds. The summed E-state index contributed by atoms with van der Waals surface area (Å²) in [6.07, 6.45) is 3.38. The molecule has 142 valence electrons. The fraction of sp³-hybridized carbons (Fsp3) is 0.474. The lowest BCUT2D eigenvalue weighted by atomic mass is 9.91. The molecular formula is C19H22ClN5O2. The number of halogens is 1. The number of hydrogen-bond acceptors (Lipinski definition) is 7. The van der Waals surface area contributed by atoms with E-state index in [9.17, 15) is 0 Å². The van der Waals surface area contributed by atoms with Gasteiger partial charge in [0.1, 0.15) is 18.2 Å². The van der Waals surface area contributed by atoms with E-state index in [-0.39, 0.29) is 12.0 Å². The van der Waals surface area contributed by atoms with Crippen LogP contribution in [-0.2, 0) is 4.74 Å². The zero-order chi connectivity index (χ0) is 18.8. The first-order valence-electron chi connectivity index (χ1n) is 9.20. The topological polar surface area (TPSA) is 86.0 Å². The molecule has 4 rings (SSSR count). The fourth-order valence-electron chi connectivity index (χ4n) is 3.33. The Balaban J connectivity index is 1.70. The summed E-state index contributed by atoms with van der Waals surface area (Å²) >= 11 is 6.10. The van der Waals surface area contributed by atoms with Crippen molar-refractivity contribution < 1.29 is 9.26 Å². The molecule has 2 aromatic heterocycles. The molecule has 7 nitrogen and oxygen atoms in total. The van der Waals surface area contributed by atoms with Crippen LogP contribution in [0.2, 0.25) is 5.02 Å². The first-order chi connectivity index (χ1) is 13.1. The predicted molar refractivity (Wildman–Crippen MR) is 103 cm³/mol. The molecule has 0 unspecified atom stereocenters. The molecule has 0 spiro atoms. The van der Waals surface area contributed by atoms with E-state index in [1.165, 1.54) is 6.33 Å². The van der Waals surface area contributed by atoms with Crippen LogP contribution in [0.4, 0.5) is 5.82 Å². The van der Waals surface area contributed by atoms with Crippen LogP contribution in [0.15, 0.2) is 29.0 Å². The summed E-state index contributed by atoms with van der Waals surface area (Å²) in [5, 5.41) is 9.22. The first kappa shape index (κ1) is 18.1. The number of nitrogens with one attached hydrogen (secondary N) is 1. The standard InChI is InChI=1S/C19H22ClN5O2/c1-11(2)17-24-19(27-25-17)16(12-5-7-26-8-6-12)23-18-14-4-3-13(20)9-15(14)21-10-22-18/h3-4,9-12,16H,5-8H2,1-2H3,(H,21,22,23)/t16-/m1/s1. The number of ether oxygens (including phenoxy) is 1. The Bertz CT molecular complexity index is 923. The van der Waals surface area contributed by atoms with Crippen molar-refractivity contribution >= 4 is 28.3 Å². The second-order valence-electron chi connectivity index (χ2n) is 7.10. The van der Waals surface area contributed by atoms with E-state index in [1.54, 1.807) is 0 Å². The van der Waals surface area contributed by atoms with Gasteiger partial charge < -0.3 is 14.6 Å². The highest BCUT2D eigenvalue weighted by molar-refractivity contribution is 6.31. The molecule has 0 bridgehead atoms. The van der Waals surface area contributed by atoms with Gasteiger partial charge in [-0.2, -0.15) is 4.98 Å². The summed E-state index contributed by atoms with van der Waals surface area (Å²) in [6, 6.07) is 5.46. The van der Waals surface area contributed by atoms with Gasteiger partial charge in [-0.25, -0.2) is 9.97 Å². The summed E-state index contributed by atoms with van der Waals surface area (Å²) < 4.78 is 11.1. The first-order valence-corrected chi connectivity index (χ1v) is 9.57. The van der Waals surface area contributed by atoms with Gasteiger partial charge in [-0.3, -0.25) is 0 Å². The molecule has 3 aromatic rings. The fourth-order valence-corrected chi connectivity index (χ4v) is 3.50. The number of anilines is 1. The van der Waals surface area contributed by atoms with E-state index in [1.807, 2.05) is 32.0 Å². The van der Waals surface area contributed by atoms with Crippen molar-refractivity contribution in [2.75, 3.05) is 18.5 Å². The van der Waals surface area contributed by atoms with Crippen LogP contribution in [-0.4, -0.2) is 33.3 Å². The third-order valence-corrected chi connectivity index (χ3v) is 5.10. The Hall–Kier alpha value is -2.25. The lowest BCUT2D eigenvalue weighted by Gasteiger charge is -2.29. The van der Waals surface area contributed by atoms with Crippen molar-refractivity contribution in [3.8, 4) is 0 Å². The van der Waals surface area contributed by atoms with Crippen LogP contribution in [0.3, 0.4) is 0 Å². The molecule has 1 aliphatic rings. The number of hydrogen-bond donors (Lipinski definition) is 1. The maximum absolute atomic E-state index is 6.10. The molecule has 1 aliphatic heterocycles. The number of nitrogens with zero attached hydrogens (tertiary/aromatic N) is 4. The maximum Gasteiger partial charge on any atom is 0.249 e. The minimum Gasteiger partial charge on any atom is -0.381 e. The van der Waals surface area contributed by atoms with Crippen LogP contribution < -0.4 is 5.32 Å². The van der Waals surface area contributed by atoms with Crippen molar-refractivity contribution in [1.29, 1.82) is 0 Å². The zero-order valence-corrected chi connectivity index (χ0v) is 16.1. The molecule has 0 saturated carbocycles. The third kappa shape index (κ3) is 3.89. The van der Waals surface area contributed by atoms with Crippen LogP contribution in [0.1, 0.15) is 50.4 Å². The maximum atomic E-state index is 6.10. The number of benzene rings is 1. The summed E-state index contributed by atoms with van der Waals surface area (Å²) in [5.74, 6) is 2.56. The SMILES string of the molecule is CC(C)c1noc([C@H](Nc2ncnc3cc(Cl)ccc23)C2CCOCC2)n1. The summed E-state index contributed by atoms with van der Waals surface area (Å²) in [6.45, 7) is 5.56. The Labute approximate surface area is 162 Å². The average Bonchev–Trinajstić information content (AvgIpc) is 3.17. The Kier molecular flexibility index (Phi) is 5.22. The van der Waals surface area contributed by atoms with E-state index in [0.29, 0.717) is 22.7 Å². The van der Waals surface area contributed by atoms with Gasteiger partial charge in [0.15, 0.2) is 5.82 Å². The van der Waals surface area contributed by atoms with Gasteiger partial charge in [-0.05, 0) is 37.0 Å². The minimum absolute atomic E-state index is 0.136. The predicted octanol–water partition coefficient (Wildman–Crippen LogP) is 4.37. The van der Waals surface area contributed by atoms with Gasteiger partial charge in [0, 0.05) is 29.5 Å². The Morgan fingerprint density at radius 1 is 1.19 bits per heavy atom. The lowest BCUT2D eigenvalue weighted by Crippen LogP contribution is -2.27. The molecule has 0 aliphatic carbocycles. The molecule has 1 saturated heterocycles. The van der Waals surface area contributed by atoms with Crippen LogP contribution >= 0.6 is 11.6 Å². The molecule has 1 fully saturated rings. The quantitative estimate of drug-likeness (QED) is 0.695. The molecule has 0 radical (unpaired) electrons. The highest BCUT2D eigenvalue weighted by Gasteiger charge is 2.31. The zero-order valence-electron chi connectivity index (χ0n) is 15.4. The number of rotatable bonds is 5. The van der Waals surface area contributed by atoms with Crippen LogP contribution in [0.25, 0.3) is 10.9 Å². The van der Waals surface area contributed by atoms with Gasteiger partial charge in [0.2, 0.25) is 5.89 Å². The molecule has 1 atom stereocenters. The molecule has 8 heteroatoms. The van der Waals surface area contributed by atoms with Gasteiger partial charge in [-0.1, -0.05) is 30.6 Å². The van der Waals surface area contributed by atoms with Crippen molar-refractivity contribution in [2.45, 2.75) is 38.6 Å². The molecular weight excluding hydrogens is 366 g/mol. The van der Waals surface area contributed by atoms with E-state index in [0.717, 1.165) is 42.8 Å². The molecule has 3 heterocycles. The molecule has 1 N–H and O–H groups in total. The molecule has 27 heavy (non-hydrogen) atoms. The van der Waals surface area contributed by atoms with Gasteiger partial charge >= 0.3 is 0 Å². The van der Waals surface area contributed by atoms with Crippen LogP contribution in [0.5, 0.6) is 0 Å².